The fourth-order valence-corrected chi connectivity index (χ4v) is 1.53. The number of benzene rings is 1. The third-order valence-electron chi connectivity index (χ3n) is 2.71. The van der Waals surface area contributed by atoms with E-state index >= 15 is 0 Å². The molecule has 0 bridgehead atoms. The van der Waals surface area contributed by atoms with Crippen molar-refractivity contribution in [2.24, 2.45) is 0 Å². The molecule has 17 heavy (non-hydrogen) atoms. The normalized spacial score (nSPS) is 15.1. The van der Waals surface area contributed by atoms with Crippen molar-refractivity contribution in [2.45, 2.75) is 11.6 Å². The number of alkyl halides is 3. The Labute approximate surface area is 97.3 Å². The van der Waals surface area contributed by atoms with E-state index in [9.17, 15) is 13.2 Å². The number of aliphatic hydroxyl groups excluding tert-OH is 1. The van der Waals surface area contributed by atoms with Crippen LogP contribution in [-0.4, -0.2) is 25.0 Å². The van der Waals surface area contributed by atoms with Gasteiger partial charge < -0.3 is 9.84 Å². The molecule has 1 aromatic rings. The average molecular weight is 246 g/mol. The van der Waals surface area contributed by atoms with Gasteiger partial charge in [0.25, 0.3) is 0 Å². The first kappa shape index (κ1) is 13.6. The fraction of sp³-hybridized carbons (Fsp3) is 0.333. The molecule has 1 rings (SSSR count). The highest BCUT2D eigenvalue weighted by atomic mass is 19.4. The van der Waals surface area contributed by atoms with Gasteiger partial charge in [-0.25, -0.2) is 0 Å². The van der Waals surface area contributed by atoms with E-state index in [-0.39, 0.29) is 5.56 Å². The summed E-state index contributed by atoms with van der Waals surface area (Å²) in [6, 6.07) is 5.36. The molecule has 0 heterocycles. The molecule has 0 radical (unpaired) electrons. The van der Waals surface area contributed by atoms with Gasteiger partial charge in [-0.05, 0) is 17.7 Å². The zero-order valence-electron chi connectivity index (χ0n) is 9.29. The molecular formula is C12H13F3O2. The minimum atomic E-state index is -4.60. The smallest absolute Gasteiger partial charge is 0.404 e. The minimum absolute atomic E-state index is 0.0664. The summed E-state index contributed by atoms with van der Waals surface area (Å²) in [4.78, 5) is 0. The van der Waals surface area contributed by atoms with Crippen LogP contribution in [0.3, 0.4) is 0 Å². The molecule has 0 aliphatic rings. The first-order valence-corrected chi connectivity index (χ1v) is 4.87. The Morgan fingerprint density at radius 2 is 1.82 bits per heavy atom. The largest absolute Gasteiger partial charge is 0.497 e. The molecular weight excluding hydrogens is 233 g/mol. The van der Waals surface area contributed by atoms with E-state index in [1.54, 1.807) is 0 Å². The summed E-state index contributed by atoms with van der Waals surface area (Å²) in [5, 5.41) is 9.07. The lowest BCUT2D eigenvalue weighted by molar-refractivity contribution is -0.185. The third kappa shape index (κ3) is 2.29. The summed E-state index contributed by atoms with van der Waals surface area (Å²) in [5.41, 5.74) is -2.50. The quantitative estimate of drug-likeness (QED) is 0.828. The number of rotatable bonds is 4. The molecule has 0 aliphatic heterocycles. The van der Waals surface area contributed by atoms with Gasteiger partial charge in [-0.15, -0.1) is 6.58 Å². The van der Waals surface area contributed by atoms with Crippen molar-refractivity contribution in [1.82, 2.24) is 0 Å². The van der Waals surface area contributed by atoms with Crippen LogP contribution in [0.2, 0.25) is 0 Å². The summed E-state index contributed by atoms with van der Waals surface area (Å²) in [5.74, 6) is 0.451. The Morgan fingerprint density at radius 3 is 2.12 bits per heavy atom. The second-order valence-electron chi connectivity index (χ2n) is 3.56. The molecule has 1 atom stereocenters. The van der Waals surface area contributed by atoms with Gasteiger partial charge in [0.2, 0.25) is 0 Å². The molecule has 1 unspecified atom stereocenters. The number of hydrogen-bond acceptors (Lipinski definition) is 2. The van der Waals surface area contributed by atoms with Crippen molar-refractivity contribution >= 4 is 0 Å². The lowest BCUT2D eigenvalue weighted by Crippen LogP contribution is -2.43. The van der Waals surface area contributed by atoms with Gasteiger partial charge in [0.15, 0.2) is 0 Å². The highest BCUT2D eigenvalue weighted by molar-refractivity contribution is 5.37. The van der Waals surface area contributed by atoms with Crippen molar-refractivity contribution in [3.63, 3.8) is 0 Å². The maximum absolute atomic E-state index is 13.0. The van der Waals surface area contributed by atoms with Gasteiger partial charge in [0.05, 0.1) is 13.7 Å². The van der Waals surface area contributed by atoms with Crippen LogP contribution in [0.4, 0.5) is 13.2 Å². The van der Waals surface area contributed by atoms with Crippen LogP contribution in [0.25, 0.3) is 0 Å². The van der Waals surface area contributed by atoms with Crippen molar-refractivity contribution < 1.29 is 23.0 Å². The second-order valence-corrected chi connectivity index (χ2v) is 3.56. The summed E-state index contributed by atoms with van der Waals surface area (Å²) in [6.07, 6.45) is -3.88. The van der Waals surface area contributed by atoms with E-state index in [2.05, 4.69) is 6.58 Å². The van der Waals surface area contributed by atoms with E-state index in [0.717, 1.165) is 6.08 Å². The third-order valence-corrected chi connectivity index (χ3v) is 2.71. The van der Waals surface area contributed by atoms with Crippen LogP contribution in [-0.2, 0) is 5.41 Å². The van der Waals surface area contributed by atoms with Gasteiger partial charge in [0.1, 0.15) is 11.2 Å². The Kier molecular flexibility index (Phi) is 3.83. The first-order valence-electron chi connectivity index (χ1n) is 4.87. The van der Waals surface area contributed by atoms with E-state index in [4.69, 9.17) is 9.84 Å². The van der Waals surface area contributed by atoms with Crippen LogP contribution in [0.15, 0.2) is 36.9 Å². The topological polar surface area (TPSA) is 29.5 Å². The van der Waals surface area contributed by atoms with Crippen LogP contribution >= 0.6 is 0 Å². The number of methoxy groups -OCH3 is 1. The Morgan fingerprint density at radius 1 is 1.29 bits per heavy atom. The zero-order valence-corrected chi connectivity index (χ0v) is 9.29. The summed E-state index contributed by atoms with van der Waals surface area (Å²) in [6.45, 7) is 2.10. The van der Waals surface area contributed by atoms with Gasteiger partial charge >= 0.3 is 6.18 Å². The SMILES string of the molecule is C=CC(CO)(c1ccc(OC)cc1)C(F)(F)F. The standard InChI is InChI=1S/C12H13F3O2/c1-3-11(8-16,12(13,14)15)9-4-6-10(17-2)7-5-9/h3-7,16H,1,8H2,2H3. The molecule has 0 aromatic heterocycles. The molecule has 94 valence electrons. The van der Waals surface area contributed by atoms with E-state index in [0.29, 0.717) is 5.75 Å². The maximum Gasteiger partial charge on any atom is 0.404 e. The predicted octanol–water partition coefficient (Wildman–Crippen LogP) is 2.67. The van der Waals surface area contributed by atoms with Crippen LogP contribution < -0.4 is 4.74 Å². The van der Waals surface area contributed by atoms with E-state index < -0.39 is 18.2 Å². The number of aliphatic hydroxyl groups is 1. The number of hydrogen-bond donors (Lipinski definition) is 1. The molecule has 1 aromatic carbocycles. The summed E-state index contributed by atoms with van der Waals surface area (Å²) >= 11 is 0. The number of ether oxygens (including phenoxy) is 1. The molecule has 0 spiro atoms. The van der Waals surface area contributed by atoms with Crippen LogP contribution in [0, 0.1) is 0 Å². The van der Waals surface area contributed by atoms with Crippen molar-refractivity contribution in [3.05, 3.63) is 42.5 Å². The molecule has 0 fully saturated rings. The lowest BCUT2D eigenvalue weighted by Gasteiger charge is -2.31. The van der Waals surface area contributed by atoms with Crippen molar-refractivity contribution in [3.8, 4) is 5.75 Å². The lowest BCUT2D eigenvalue weighted by atomic mass is 9.80. The monoisotopic (exact) mass is 246 g/mol. The molecule has 0 aliphatic carbocycles. The van der Waals surface area contributed by atoms with Crippen molar-refractivity contribution in [1.29, 1.82) is 0 Å². The highest BCUT2D eigenvalue weighted by Crippen LogP contribution is 2.42. The summed E-state index contributed by atoms with van der Waals surface area (Å²) in [7, 11) is 1.42. The minimum Gasteiger partial charge on any atom is -0.497 e. The van der Waals surface area contributed by atoms with Gasteiger partial charge in [0, 0.05) is 0 Å². The van der Waals surface area contributed by atoms with Crippen LogP contribution in [0.1, 0.15) is 5.56 Å². The Hall–Kier alpha value is -1.49. The Bertz CT molecular complexity index is 384. The average Bonchev–Trinajstić information content (AvgIpc) is 2.30. The molecule has 5 heteroatoms. The molecule has 0 amide bonds. The first-order chi connectivity index (χ1) is 7.91. The maximum atomic E-state index is 13.0. The van der Waals surface area contributed by atoms with E-state index in [1.807, 2.05) is 0 Å². The zero-order chi connectivity index (χ0) is 13.1. The molecule has 0 saturated heterocycles. The predicted molar refractivity (Wildman–Crippen MR) is 58.0 cm³/mol. The number of halogens is 3. The molecule has 0 saturated carbocycles. The second kappa shape index (κ2) is 4.79. The highest BCUT2D eigenvalue weighted by Gasteiger charge is 2.53. The van der Waals surface area contributed by atoms with Gasteiger partial charge in [-0.3, -0.25) is 0 Å². The summed E-state index contributed by atoms with van der Waals surface area (Å²) < 4.78 is 43.8. The van der Waals surface area contributed by atoms with Crippen LogP contribution in [0.5, 0.6) is 5.75 Å². The fourth-order valence-electron chi connectivity index (χ4n) is 1.53. The van der Waals surface area contributed by atoms with Gasteiger partial charge in [-0.1, -0.05) is 18.2 Å². The van der Waals surface area contributed by atoms with Crippen molar-refractivity contribution in [2.75, 3.05) is 13.7 Å². The Balaban J connectivity index is 3.27. The van der Waals surface area contributed by atoms with E-state index in [1.165, 1.54) is 31.4 Å². The molecule has 1 N–H and O–H groups in total. The van der Waals surface area contributed by atoms with Gasteiger partial charge in [-0.2, -0.15) is 13.2 Å². The molecule has 2 nitrogen and oxygen atoms in total.